The lowest BCUT2D eigenvalue weighted by atomic mass is 9.99. The third kappa shape index (κ3) is 5.84. The number of aliphatic carboxylic acids is 1. The minimum Gasteiger partial charge on any atom is -0.494 e. The molecule has 2 rings (SSSR count). The van der Waals surface area contributed by atoms with Crippen molar-refractivity contribution in [2.45, 2.75) is 33.1 Å². The molecular formula is C19H24N2O4S. The molecule has 1 aromatic heterocycles. The van der Waals surface area contributed by atoms with Crippen molar-refractivity contribution in [2.24, 2.45) is 5.92 Å². The van der Waals surface area contributed by atoms with Crippen molar-refractivity contribution in [3.8, 4) is 5.75 Å². The second-order valence-corrected chi connectivity index (χ2v) is 7.01. The Balaban J connectivity index is 1.92. The van der Waals surface area contributed by atoms with Crippen molar-refractivity contribution in [3.05, 3.63) is 45.9 Å². The molecule has 0 aliphatic heterocycles. The Morgan fingerprint density at radius 3 is 2.62 bits per heavy atom. The summed E-state index contributed by atoms with van der Waals surface area (Å²) in [5, 5.41) is 13.1. The number of aryl methyl sites for hydroxylation is 1. The van der Waals surface area contributed by atoms with Gasteiger partial charge in [-0.15, -0.1) is 11.3 Å². The van der Waals surface area contributed by atoms with E-state index in [1.165, 1.54) is 11.3 Å². The van der Waals surface area contributed by atoms with Gasteiger partial charge in [-0.05, 0) is 43.9 Å². The highest BCUT2D eigenvalue weighted by atomic mass is 32.1. The molecule has 26 heavy (non-hydrogen) atoms. The van der Waals surface area contributed by atoms with Crippen molar-refractivity contribution in [3.63, 3.8) is 0 Å². The average molecular weight is 376 g/mol. The summed E-state index contributed by atoms with van der Waals surface area (Å²) in [5.74, 6) is -1.15. The number of carbonyl (C=O) groups excluding carboxylic acids is 1. The predicted octanol–water partition coefficient (Wildman–Crippen LogP) is 3.17. The first-order chi connectivity index (χ1) is 12.5. The lowest BCUT2D eigenvalue weighted by Gasteiger charge is -2.13. The lowest BCUT2D eigenvalue weighted by Crippen LogP contribution is -2.33. The predicted molar refractivity (Wildman–Crippen MR) is 101 cm³/mol. The van der Waals surface area contributed by atoms with Crippen LogP contribution in [0, 0.1) is 5.92 Å². The molecule has 6 nitrogen and oxygen atoms in total. The second kappa shape index (κ2) is 9.91. The Labute approximate surface area is 157 Å². The number of hydrogen-bond acceptors (Lipinski definition) is 5. The van der Waals surface area contributed by atoms with Crippen LogP contribution in [0.5, 0.6) is 5.75 Å². The molecular weight excluding hydrogens is 352 g/mol. The van der Waals surface area contributed by atoms with Gasteiger partial charge in [0.15, 0.2) is 0 Å². The van der Waals surface area contributed by atoms with Gasteiger partial charge in [0.05, 0.1) is 23.7 Å². The van der Waals surface area contributed by atoms with E-state index in [-0.39, 0.29) is 12.5 Å². The molecule has 0 bridgehead atoms. The first-order valence-electron chi connectivity index (χ1n) is 8.70. The molecule has 0 aliphatic rings. The van der Waals surface area contributed by atoms with Crippen LogP contribution in [0.2, 0.25) is 0 Å². The van der Waals surface area contributed by atoms with Gasteiger partial charge in [-0.1, -0.05) is 19.1 Å². The highest BCUT2D eigenvalue weighted by molar-refractivity contribution is 7.13. The maximum Gasteiger partial charge on any atom is 0.308 e. The molecule has 1 atom stereocenters. The summed E-state index contributed by atoms with van der Waals surface area (Å²) in [5.41, 5.74) is 0.887. The number of ether oxygens (including phenoxy) is 1. The Morgan fingerprint density at radius 2 is 2.00 bits per heavy atom. The zero-order chi connectivity index (χ0) is 18.9. The molecule has 2 aromatic rings. The molecule has 140 valence electrons. The van der Waals surface area contributed by atoms with Crippen LogP contribution in [0.3, 0.4) is 0 Å². The Kier molecular flexibility index (Phi) is 7.59. The first-order valence-corrected chi connectivity index (χ1v) is 9.52. The van der Waals surface area contributed by atoms with E-state index in [1.807, 2.05) is 31.2 Å². The fourth-order valence-electron chi connectivity index (χ4n) is 2.47. The normalized spacial score (nSPS) is 11.8. The molecule has 1 unspecified atom stereocenters. The Morgan fingerprint density at radius 1 is 1.27 bits per heavy atom. The third-order valence-electron chi connectivity index (χ3n) is 3.82. The van der Waals surface area contributed by atoms with E-state index in [9.17, 15) is 14.7 Å². The summed E-state index contributed by atoms with van der Waals surface area (Å²) in [7, 11) is 0. The summed E-state index contributed by atoms with van der Waals surface area (Å²) in [6.07, 6.45) is 3.70. The summed E-state index contributed by atoms with van der Waals surface area (Å²) < 4.78 is 5.38. The van der Waals surface area contributed by atoms with Gasteiger partial charge in [-0.3, -0.25) is 9.59 Å². The maximum atomic E-state index is 12.2. The fourth-order valence-corrected chi connectivity index (χ4v) is 3.40. The number of benzene rings is 1. The molecule has 0 fully saturated rings. The van der Waals surface area contributed by atoms with E-state index in [0.29, 0.717) is 17.9 Å². The fraction of sp³-hybridized carbons (Fsp3) is 0.421. The molecule has 1 heterocycles. The number of nitrogens with one attached hydrogen (secondary N) is 1. The molecule has 0 aliphatic carbocycles. The van der Waals surface area contributed by atoms with Crippen molar-refractivity contribution in [1.29, 1.82) is 0 Å². The highest BCUT2D eigenvalue weighted by Crippen LogP contribution is 2.17. The minimum absolute atomic E-state index is 0.0718. The van der Waals surface area contributed by atoms with Gasteiger partial charge in [0, 0.05) is 6.54 Å². The van der Waals surface area contributed by atoms with Gasteiger partial charge in [-0.2, -0.15) is 0 Å². The zero-order valence-corrected chi connectivity index (χ0v) is 15.8. The van der Waals surface area contributed by atoms with Crippen LogP contribution in [0.4, 0.5) is 0 Å². The summed E-state index contributed by atoms with van der Waals surface area (Å²) >= 11 is 1.35. The first kappa shape index (κ1) is 19.9. The van der Waals surface area contributed by atoms with Crippen LogP contribution in [0.1, 0.15) is 40.5 Å². The summed E-state index contributed by atoms with van der Waals surface area (Å²) in [4.78, 5) is 28.5. The third-order valence-corrected chi connectivity index (χ3v) is 4.87. The number of amides is 1. The van der Waals surface area contributed by atoms with E-state index >= 15 is 0 Å². The van der Waals surface area contributed by atoms with E-state index < -0.39 is 11.9 Å². The molecule has 1 aromatic carbocycles. The van der Waals surface area contributed by atoms with E-state index in [2.05, 4.69) is 17.2 Å². The minimum atomic E-state index is -0.935. The van der Waals surface area contributed by atoms with Gasteiger partial charge in [0.25, 0.3) is 5.91 Å². The van der Waals surface area contributed by atoms with Gasteiger partial charge in [-0.25, -0.2) is 4.98 Å². The van der Waals surface area contributed by atoms with Crippen LogP contribution >= 0.6 is 11.3 Å². The Bertz CT molecular complexity index is 727. The summed E-state index contributed by atoms with van der Waals surface area (Å²) in [6, 6.07) is 7.34. The topological polar surface area (TPSA) is 88.5 Å². The van der Waals surface area contributed by atoms with Crippen LogP contribution in [0.15, 0.2) is 30.5 Å². The number of carbonyl (C=O) groups is 2. The number of hydrogen-bond donors (Lipinski definition) is 2. The number of thiazole rings is 1. The monoisotopic (exact) mass is 376 g/mol. The maximum absolute atomic E-state index is 12.2. The highest BCUT2D eigenvalue weighted by Gasteiger charge is 2.20. The number of carboxylic acids is 1. The van der Waals surface area contributed by atoms with Gasteiger partial charge in [0.1, 0.15) is 10.6 Å². The molecule has 0 radical (unpaired) electrons. The quantitative estimate of drug-likeness (QED) is 0.665. The van der Waals surface area contributed by atoms with Gasteiger partial charge < -0.3 is 15.2 Å². The van der Waals surface area contributed by atoms with Gasteiger partial charge >= 0.3 is 5.97 Å². The average Bonchev–Trinajstić information content (AvgIpc) is 3.09. The van der Waals surface area contributed by atoms with Crippen LogP contribution in [-0.2, 0) is 17.6 Å². The van der Waals surface area contributed by atoms with E-state index in [0.717, 1.165) is 29.2 Å². The van der Waals surface area contributed by atoms with E-state index in [1.54, 1.807) is 6.20 Å². The molecule has 2 N–H and O–H groups in total. The number of nitrogens with zero attached hydrogens (tertiary/aromatic N) is 1. The van der Waals surface area contributed by atoms with Crippen molar-refractivity contribution < 1.29 is 19.4 Å². The summed E-state index contributed by atoms with van der Waals surface area (Å²) in [6.45, 7) is 4.62. The molecule has 7 heteroatoms. The molecule has 0 saturated heterocycles. The van der Waals surface area contributed by atoms with Gasteiger partial charge in [0.2, 0.25) is 0 Å². The second-order valence-electron chi connectivity index (χ2n) is 5.89. The number of carboxylic acid groups (broad SMARTS) is 1. The van der Waals surface area contributed by atoms with Crippen LogP contribution in [0.25, 0.3) is 0 Å². The smallest absolute Gasteiger partial charge is 0.308 e. The molecule has 1 amide bonds. The van der Waals surface area contributed by atoms with Crippen molar-refractivity contribution in [2.75, 3.05) is 13.2 Å². The standard InChI is InChI=1S/C19H24N2O4S/c1-3-5-17-20-12-16(26-17)18(22)21-11-14(19(23)24)10-13-6-8-15(9-7-13)25-4-2/h6-9,12,14H,3-5,10-11H2,1-2H3,(H,21,22)(H,23,24). The molecule has 0 saturated carbocycles. The number of rotatable bonds is 10. The SMILES string of the molecule is CCCc1ncc(C(=O)NCC(Cc2ccc(OCC)cc2)C(=O)O)s1. The zero-order valence-electron chi connectivity index (χ0n) is 15.0. The number of aromatic nitrogens is 1. The van der Waals surface area contributed by atoms with Crippen molar-refractivity contribution in [1.82, 2.24) is 10.3 Å². The Hall–Kier alpha value is -2.41. The van der Waals surface area contributed by atoms with Crippen molar-refractivity contribution >= 4 is 23.2 Å². The largest absolute Gasteiger partial charge is 0.494 e. The lowest BCUT2D eigenvalue weighted by molar-refractivity contribution is -0.141. The van der Waals surface area contributed by atoms with E-state index in [4.69, 9.17) is 4.74 Å². The van der Waals surface area contributed by atoms with Crippen LogP contribution < -0.4 is 10.1 Å². The van der Waals surface area contributed by atoms with Crippen LogP contribution in [-0.4, -0.2) is 35.1 Å². The molecule has 0 spiro atoms.